The Kier molecular flexibility index (Phi) is 3.43. The summed E-state index contributed by atoms with van der Waals surface area (Å²) >= 11 is 0. The first kappa shape index (κ1) is 11.9. The van der Waals surface area contributed by atoms with Crippen molar-refractivity contribution < 1.29 is 23.5 Å². The molecule has 1 aromatic heterocycles. The highest BCUT2D eigenvalue weighted by Crippen LogP contribution is 2.26. The Bertz CT molecular complexity index is 570. The summed E-state index contributed by atoms with van der Waals surface area (Å²) in [6.45, 7) is 0. The second-order valence-electron chi connectivity index (χ2n) is 3.36. The lowest BCUT2D eigenvalue weighted by Crippen LogP contribution is -2.03. The number of carbonyl (C=O) groups excluding carboxylic acids is 2. The third-order valence-corrected chi connectivity index (χ3v) is 2.22. The number of ether oxygens (including phenoxy) is 2. The van der Waals surface area contributed by atoms with E-state index in [4.69, 9.17) is 9.15 Å². The zero-order chi connectivity index (χ0) is 13.0. The van der Waals surface area contributed by atoms with E-state index in [9.17, 15) is 9.59 Å². The topological polar surface area (TPSA) is 65.7 Å². The number of esters is 1. The van der Waals surface area contributed by atoms with Crippen LogP contribution in [0.4, 0.5) is 0 Å². The Labute approximate surface area is 103 Å². The summed E-state index contributed by atoms with van der Waals surface area (Å²) in [5.74, 6) is 0.0814. The van der Waals surface area contributed by atoms with Crippen LogP contribution in [0.3, 0.4) is 0 Å². The Hall–Kier alpha value is -2.56. The van der Waals surface area contributed by atoms with Crippen LogP contribution >= 0.6 is 0 Å². The van der Waals surface area contributed by atoms with E-state index in [-0.39, 0.29) is 17.3 Å². The molecular formula is C13H10O5. The maximum atomic E-state index is 11.5. The lowest BCUT2D eigenvalue weighted by Gasteiger charge is -2.06. The van der Waals surface area contributed by atoms with Gasteiger partial charge in [-0.1, -0.05) is 12.1 Å². The largest absolute Gasteiger partial charge is 0.465 e. The Morgan fingerprint density at radius 3 is 2.67 bits per heavy atom. The quantitative estimate of drug-likeness (QED) is 0.613. The highest BCUT2D eigenvalue weighted by atomic mass is 16.6. The van der Waals surface area contributed by atoms with Crippen molar-refractivity contribution in [2.75, 3.05) is 7.11 Å². The van der Waals surface area contributed by atoms with Crippen LogP contribution in [0, 0.1) is 0 Å². The number of para-hydroxylation sites is 1. The van der Waals surface area contributed by atoms with Crippen molar-refractivity contribution >= 4 is 12.3 Å². The summed E-state index contributed by atoms with van der Waals surface area (Å²) in [4.78, 5) is 22.0. The molecule has 0 aliphatic heterocycles. The molecule has 0 N–H and O–H groups in total. The smallest absolute Gasteiger partial charge is 0.341 e. The first-order valence-corrected chi connectivity index (χ1v) is 5.15. The molecule has 1 aromatic carbocycles. The number of carbonyl (C=O) groups is 2. The molecule has 0 atom stereocenters. The van der Waals surface area contributed by atoms with Crippen LogP contribution < -0.4 is 4.74 Å². The fourth-order valence-corrected chi connectivity index (χ4v) is 1.40. The van der Waals surface area contributed by atoms with E-state index in [1.54, 1.807) is 24.3 Å². The number of aldehydes is 1. The second-order valence-corrected chi connectivity index (χ2v) is 3.36. The molecule has 2 aromatic rings. The molecule has 5 heteroatoms. The van der Waals surface area contributed by atoms with E-state index in [2.05, 4.69) is 4.74 Å². The summed E-state index contributed by atoms with van der Waals surface area (Å²) in [7, 11) is 1.29. The fourth-order valence-electron chi connectivity index (χ4n) is 1.40. The van der Waals surface area contributed by atoms with E-state index < -0.39 is 5.97 Å². The van der Waals surface area contributed by atoms with Crippen LogP contribution in [0.1, 0.15) is 20.9 Å². The third kappa shape index (κ3) is 2.40. The lowest BCUT2D eigenvalue weighted by atomic mass is 10.2. The summed E-state index contributed by atoms with van der Waals surface area (Å²) in [5.41, 5.74) is 0.282. The Balaban J connectivity index is 2.28. The Morgan fingerprint density at radius 2 is 2.00 bits per heavy atom. The van der Waals surface area contributed by atoms with Gasteiger partial charge in [0, 0.05) is 6.07 Å². The van der Waals surface area contributed by atoms with E-state index >= 15 is 0 Å². The van der Waals surface area contributed by atoms with Gasteiger partial charge in [-0.3, -0.25) is 4.79 Å². The molecule has 0 unspecified atom stereocenters. The molecular weight excluding hydrogens is 236 g/mol. The van der Waals surface area contributed by atoms with Gasteiger partial charge in [0.15, 0.2) is 12.0 Å². The number of furan rings is 1. The predicted octanol–water partition coefficient (Wildman–Crippen LogP) is 2.67. The van der Waals surface area contributed by atoms with Crippen LogP contribution in [-0.4, -0.2) is 19.4 Å². The zero-order valence-electron chi connectivity index (χ0n) is 9.58. The SMILES string of the molecule is COC(=O)c1ccccc1Oc1ccc(C=O)o1. The molecule has 0 bridgehead atoms. The number of methoxy groups -OCH3 is 1. The summed E-state index contributed by atoms with van der Waals surface area (Å²) in [6.07, 6.45) is 0.569. The first-order valence-electron chi connectivity index (χ1n) is 5.15. The van der Waals surface area contributed by atoms with Gasteiger partial charge in [-0.2, -0.15) is 0 Å². The predicted molar refractivity (Wildman–Crippen MR) is 62.0 cm³/mol. The van der Waals surface area contributed by atoms with E-state index in [0.29, 0.717) is 12.0 Å². The van der Waals surface area contributed by atoms with Gasteiger partial charge in [-0.05, 0) is 18.2 Å². The minimum atomic E-state index is -0.507. The van der Waals surface area contributed by atoms with Gasteiger partial charge >= 0.3 is 5.97 Å². The standard InChI is InChI=1S/C13H10O5/c1-16-13(15)10-4-2-3-5-11(10)18-12-7-6-9(8-14)17-12/h2-8H,1H3. The molecule has 0 saturated carbocycles. The highest BCUT2D eigenvalue weighted by Gasteiger charge is 2.14. The summed E-state index contributed by atoms with van der Waals surface area (Å²) < 4.78 is 15.1. The number of rotatable bonds is 4. The van der Waals surface area contributed by atoms with Crippen molar-refractivity contribution in [1.82, 2.24) is 0 Å². The van der Waals surface area contributed by atoms with Gasteiger partial charge in [0.2, 0.25) is 0 Å². The maximum absolute atomic E-state index is 11.5. The molecule has 0 radical (unpaired) electrons. The van der Waals surface area contributed by atoms with E-state index in [1.807, 2.05) is 0 Å². The highest BCUT2D eigenvalue weighted by molar-refractivity contribution is 5.92. The van der Waals surface area contributed by atoms with Gasteiger partial charge in [-0.25, -0.2) is 4.79 Å². The molecule has 0 spiro atoms. The van der Waals surface area contributed by atoms with Crippen molar-refractivity contribution in [3.63, 3.8) is 0 Å². The molecule has 0 aliphatic carbocycles. The van der Waals surface area contributed by atoms with Gasteiger partial charge in [0.25, 0.3) is 5.95 Å². The molecule has 0 fully saturated rings. The zero-order valence-corrected chi connectivity index (χ0v) is 9.58. The van der Waals surface area contributed by atoms with Gasteiger partial charge < -0.3 is 13.9 Å². The fraction of sp³-hybridized carbons (Fsp3) is 0.0769. The van der Waals surface area contributed by atoms with Crippen LogP contribution in [0.15, 0.2) is 40.8 Å². The van der Waals surface area contributed by atoms with Crippen LogP contribution in [0.25, 0.3) is 0 Å². The molecule has 92 valence electrons. The van der Waals surface area contributed by atoms with Crippen LogP contribution in [0.2, 0.25) is 0 Å². The normalized spacial score (nSPS) is 9.83. The van der Waals surface area contributed by atoms with Crippen molar-refractivity contribution in [2.24, 2.45) is 0 Å². The summed E-state index contributed by atoms with van der Waals surface area (Å²) in [6, 6.07) is 9.56. The Morgan fingerprint density at radius 1 is 1.22 bits per heavy atom. The molecule has 5 nitrogen and oxygen atoms in total. The van der Waals surface area contributed by atoms with Crippen LogP contribution in [0.5, 0.6) is 11.7 Å². The molecule has 0 saturated heterocycles. The van der Waals surface area contributed by atoms with Crippen molar-refractivity contribution in [2.45, 2.75) is 0 Å². The minimum Gasteiger partial charge on any atom is -0.465 e. The molecule has 2 rings (SSSR count). The van der Waals surface area contributed by atoms with Gasteiger partial charge in [0.1, 0.15) is 11.3 Å². The molecule has 18 heavy (non-hydrogen) atoms. The first-order chi connectivity index (χ1) is 8.74. The molecule has 1 heterocycles. The minimum absolute atomic E-state index is 0.133. The summed E-state index contributed by atoms with van der Waals surface area (Å²) in [5, 5.41) is 0. The maximum Gasteiger partial charge on any atom is 0.341 e. The number of hydrogen-bond donors (Lipinski definition) is 0. The monoisotopic (exact) mass is 246 g/mol. The van der Waals surface area contributed by atoms with Crippen molar-refractivity contribution in [3.8, 4) is 11.7 Å². The van der Waals surface area contributed by atoms with E-state index in [1.165, 1.54) is 19.2 Å². The second kappa shape index (κ2) is 5.18. The van der Waals surface area contributed by atoms with Crippen LogP contribution in [-0.2, 0) is 4.74 Å². The number of benzene rings is 1. The molecule has 0 amide bonds. The van der Waals surface area contributed by atoms with Crippen molar-refractivity contribution in [3.05, 3.63) is 47.7 Å². The van der Waals surface area contributed by atoms with Crippen molar-refractivity contribution in [1.29, 1.82) is 0 Å². The van der Waals surface area contributed by atoms with Gasteiger partial charge in [-0.15, -0.1) is 0 Å². The van der Waals surface area contributed by atoms with E-state index in [0.717, 1.165) is 0 Å². The van der Waals surface area contributed by atoms with Gasteiger partial charge in [0.05, 0.1) is 7.11 Å². The number of hydrogen-bond acceptors (Lipinski definition) is 5. The lowest BCUT2D eigenvalue weighted by molar-refractivity contribution is 0.0597. The average molecular weight is 246 g/mol. The third-order valence-electron chi connectivity index (χ3n) is 2.22. The molecule has 0 aliphatic rings. The average Bonchev–Trinajstić information content (AvgIpc) is 2.86.